The zero-order chi connectivity index (χ0) is 37.3. The maximum atomic E-state index is 6.75. The molecular weight excluding hydrogens is 654 g/mol. The van der Waals surface area contributed by atoms with Gasteiger partial charge in [0.25, 0.3) is 0 Å². The first-order chi connectivity index (χ1) is 25.4. The predicted molar refractivity (Wildman–Crippen MR) is 258 cm³/mol. The van der Waals surface area contributed by atoms with Crippen molar-refractivity contribution in [3.05, 3.63) is 115 Å². The first-order valence-corrected chi connectivity index (χ1v) is 21.4. The highest BCUT2D eigenvalue weighted by Crippen LogP contribution is 2.48. The Morgan fingerprint density at radius 3 is 1.72 bits per heavy atom. The van der Waals surface area contributed by atoms with Gasteiger partial charge in [0.2, 0.25) is 0 Å². The van der Waals surface area contributed by atoms with Crippen LogP contribution in [0.5, 0.6) is 0 Å². The van der Waals surface area contributed by atoms with Crippen molar-refractivity contribution < 1.29 is 4.42 Å². The molecule has 7 aromatic carbocycles. The summed E-state index contributed by atoms with van der Waals surface area (Å²) in [6.07, 6.45) is 7.10. The second-order valence-corrected chi connectivity index (χ2v) is 19.6. The predicted octanol–water partition coefficient (Wildman–Crippen LogP) is 0.405. The summed E-state index contributed by atoms with van der Waals surface area (Å²) in [6, 6.07) is 41.9. The molecule has 0 spiro atoms. The third-order valence-corrected chi connectivity index (χ3v) is 13.5. The topological polar surface area (TPSA) is 16.4 Å². The quantitative estimate of drug-likeness (QED) is 0.235. The maximum absolute atomic E-state index is 6.75. The molecule has 53 heavy (non-hydrogen) atoms. The molecule has 1 aromatic heterocycles. The largest absolute Gasteiger partial charge is 0.455 e. The van der Waals surface area contributed by atoms with Gasteiger partial charge in [-0.05, 0) is 88.0 Å². The van der Waals surface area contributed by atoms with Crippen LogP contribution >= 0.6 is 10.0 Å². The van der Waals surface area contributed by atoms with Gasteiger partial charge in [0, 0.05) is 33.3 Å². The van der Waals surface area contributed by atoms with Crippen LogP contribution in [0.15, 0.2) is 125 Å². The van der Waals surface area contributed by atoms with Crippen molar-refractivity contribution in [1.82, 2.24) is 0 Å². The van der Waals surface area contributed by atoms with E-state index in [1.807, 2.05) is 0 Å². The summed E-state index contributed by atoms with van der Waals surface area (Å²) in [5.74, 6) is 0. The number of hydrogen-bond acceptors (Lipinski definition) is 2. The fourth-order valence-electron chi connectivity index (χ4n) is 8.54. The molecule has 0 saturated heterocycles. The SMILES string of the molecule is Bc1c(B)c(B)c2c(B)c(N(c3ccc(S(C)(C)C)cc3)c3ccccc3-c3ccc(-c4ccccc4)c4oc5ccccc5c34)c(B)c(B)c2c1B. The smallest absolute Gasteiger partial charge is 0.143 e. The van der Waals surface area contributed by atoms with Crippen LogP contribution in [0.2, 0.25) is 0 Å². The van der Waals surface area contributed by atoms with Gasteiger partial charge >= 0.3 is 0 Å². The lowest BCUT2D eigenvalue weighted by molar-refractivity contribution is 0.670. The summed E-state index contributed by atoms with van der Waals surface area (Å²) in [6.45, 7) is 0. The Hall–Kier alpha value is -4.80. The molecule has 0 saturated carbocycles. The normalized spacial score (nSPS) is 12.1. The van der Waals surface area contributed by atoms with Gasteiger partial charge in [-0.1, -0.05) is 100 Å². The highest BCUT2D eigenvalue weighted by molar-refractivity contribution is 8.32. The molecule has 1 heterocycles. The number of benzene rings is 7. The fourth-order valence-corrected chi connectivity index (χ4v) is 9.49. The molecule has 8 aromatic rings. The van der Waals surface area contributed by atoms with Crippen molar-refractivity contribution in [3.8, 4) is 22.3 Å². The molecule has 0 aliphatic rings. The minimum absolute atomic E-state index is 0.892. The van der Waals surface area contributed by atoms with Gasteiger partial charge in [-0.2, -0.15) is 0 Å². The number of furan rings is 1. The Kier molecular flexibility index (Phi) is 8.81. The summed E-state index contributed by atoms with van der Waals surface area (Å²) >= 11 is 0. The van der Waals surface area contributed by atoms with Crippen molar-refractivity contribution in [2.45, 2.75) is 4.90 Å². The molecule has 10 heteroatoms. The molecule has 0 radical (unpaired) electrons. The van der Waals surface area contributed by atoms with Crippen molar-refractivity contribution in [2.24, 2.45) is 0 Å². The minimum atomic E-state index is -0.892. The summed E-state index contributed by atoms with van der Waals surface area (Å²) < 4.78 is 6.75. The second kappa shape index (κ2) is 13.3. The van der Waals surface area contributed by atoms with Gasteiger partial charge in [0.1, 0.15) is 66.1 Å². The number of hydrogen-bond donors (Lipinski definition) is 0. The fraction of sp³-hybridized carbons (Fsp3) is 0.0698. The van der Waals surface area contributed by atoms with Gasteiger partial charge in [0.15, 0.2) is 0 Å². The van der Waals surface area contributed by atoms with Gasteiger partial charge in [-0.25, -0.2) is 10.0 Å². The first-order valence-electron chi connectivity index (χ1n) is 18.6. The molecule has 0 N–H and O–H groups in total. The molecular formula is C43H42B7NOS. The molecule has 252 valence electrons. The summed E-state index contributed by atoms with van der Waals surface area (Å²) in [5.41, 5.74) is 19.4. The molecule has 0 bridgehead atoms. The van der Waals surface area contributed by atoms with Crippen molar-refractivity contribution in [3.63, 3.8) is 0 Å². The van der Waals surface area contributed by atoms with Crippen molar-refractivity contribution in [1.29, 1.82) is 0 Å². The van der Waals surface area contributed by atoms with Crippen LogP contribution in [0.1, 0.15) is 0 Å². The third kappa shape index (κ3) is 5.69. The average Bonchev–Trinajstić information content (AvgIpc) is 3.56. The summed E-state index contributed by atoms with van der Waals surface area (Å²) in [7, 11) is 15.3. The van der Waals surface area contributed by atoms with E-state index >= 15 is 0 Å². The van der Waals surface area contributed by atoms with E-state index in [-0.39, 0.29) is 0 Å². The Morgan fingerprint density at radius 2 is 1.04 bits per heavy atom. The number of para-hydroxylation sites is 2. The lowest BCUT2D eigenvalue weighted by Gasteiger charge is -2.34. The molecule has 0 atom stereocenters. The second-order valence-electron chi connectivity index (χ2n) is 15.5. The van der Waals surface area contributed by atoms with E-state index in [1.54, 1.807) is 0 Å². The monoisotopic (exact) mass is 697 g/mol. The Morgan fingerprint density at radius 1 is 0.472 bits per heavy atom. The number of anilines is 3. The van der Waals surface area contributed by atoms with E-state index in [4.69, 9.17) is 4.42 Å². The van der Waals surface area contributed by atoms with Crippen LogP contribution in [0.3, 0.4) is 0 Å². The zero-order valence-electron chi connectivity index (χ0n) is 32.7. The standard InChI is InChI=1S/C43H42B7NOS/c1-53(2,3)25-19-17-24(18-20-25)51(42-38(47)34-33(37(46)41(42)50)35(44)39(48)40(49)36(34)45)30-15-9-7-13-27(30)28-22-21-26(23-11-5-4-6-12-23)43-32(28)29-14-8-10-16-31(29)52-43/h4-22H,44-50H2,1-3H3. The lowest BCUT2D eigenvalue weighted by Crippen LogP contribution is -2.52. The summed E-state index contributed by atoms with van der Waals surface area (Å²) in [4.78, 5) is 3.94. The van der Waals surface area contributed by atoms with Gasteiger partial charge in [0.05, 0.1) is 5.69 Å². The number of fused-ring (bicyclic) bond motifs is 4. The van der Waals surface area contributed by atoms with Crippen LogP contribution in [0.25, 0.3) is 55.0 Å². The van der Waals surface area contributed by atoms with E-state index in [2.05, 4.69) is 194 Å². The minimum Gasteiger partial charge on any atom is -0.455 e. The van der Waals surface area contributed by atoms with Gasteiger partial charge < -0.3 is 9.32 Å². The number of rotatable bonds is 6. The molecule has 0 aliphatic heterocycles. The van der Waals surface area contributed by atoms with Crippen molar-refractivity contribution in [2.75, 3.05) is 23.7 Å². The van der Waals surface area contributed by atoms with E-state index in [0.717, 1.165) is 50.0 Å². The van der Waals surface area contributed by atoms with Gasteiger partial charge in [-0.3, -0.25) is 0 Å². The van der Waals surface area contributed by atoms with Crippen LogP contribution in [-0.4, -0.2) is 73.7 Å². The van der Waals surface area contributed by atoms with Crippen molar-refractivity contribution >= 4 is 153 Å². The van der Waals surface area contributed by atoms with E-state index < -0.39 is 10.0 Å². The summed E-state index contributed by atoms with van der Waals surface area (Å²) in [5, 5.41) is 5.03. The third-order valence-electron chi connectivity index (χ3n) is 11.8. The van der Waals surface area contributed by atoms with E-state index in [9.17, 15) is 0 Å². The highest BCUT2D eigenvalue weighted by Gasteiger charge is 2.26. The average molecular weight is 697 g/mol. The molecule has 0 fully saturated rings. The molecule has 0 aliphatic carbocycles. The number of nitrogens with zero attached hydrogens (tertiary/aromatic N) is 1. The van der Waals surface area contributed by atoms with E-state index in [1.165, 1.54) is 65.2 Å². The van der Waals surface area contributed by atoms with E-state index in [0.29, 0.717) is 0 Å². The lowest BCUT2D eigenvalue weighted by atomic mass is 9.59. The van der Waals surface area contributed by atoms with Crippen LogP contribution < -0.4 is 43.1 Å². The zero-order valence-corrected chi connectivity index (χ0v) is 33.5. The highest BCUT2D eigenvalue weighted by atomic mass is 32.3. The van der Waals surface area contributed by atoms with Crippen LogP contribution in [0, 0.1) is 0 Å². The molecule has 8 rings (SSSR count). The molecule has 0 unspecified atom stereocenters. The maximum Gasteiger partial charge on any atom is 0.143 e. The Bertz CT molecular complexity index is 2740. The Balaban J connectivity index is 1.47. The first kappa shape index (κ1) is 35.2. The molecule has 0 amide bonds. The van der Waals surface area contributed by atoms with Gasteiger partial charge in [-0.15, -0.1) is 10.9 Å². The van der Waals surface area contributed by atoms with Crippen LogP contribution in [-0.2, 0) is 0 Å². The Labute approximate surface area is 321 Å². The molecule has 2 nitrogen and oxygen atoms in total. The van der Waals surface area contributed by atoms with Crippen LogP contribution in [0.4, 0.5) is 17.1 Å².